The minimum absolute atomic E-state index is 0.0880. The summed E-state index contributed by atoms with van der Waals surface area (Å²) in [7, 11) is 0. The van der Waals surface area contributed by atoms with Crippen LogP contribution in [0.2, 0.25) is 0 Å². The van der Waals surface area contributed by atoms with E-state index in [0.717, 1.165) is 5.56 Å². The summed E-state index contributed by atoms with van der Waals surface area (Å²) in [6.45, 7) is 7.57. The summed E-state index contributed by atoms with van der Waals surface area (Å²) < 4.78 is 5.48. The van der Waals surface area contributed by atoms with E-state index in [0.29, 0.717) is 13.0 Å². The Labute approximate surface area is 126 Å². The van der Waals surface area contributed by atoms with E-state index in [9.17, 15) is 9.59 Å². The van der Waals surface area contributed by atoms with Crippen LogP contribution in [0.4, 0.5) is 4.79 Å². The Morgan fingerprint density at radius 1 is 1.19 bits per heavy atom. The van der Waals surface area contributed by atoms with Gasteiger partial charge in [-0.25, -0.2) is 4.79 Å². The third-order valence-electron chi connectivity index (χ3n) is 3.69. The van der Waals surface area contributed by atoms with Gasteiger partial charge in [-0.05, 0) is 39.7 Å². The van der Waals surface area contributed by atoms with Crippen molar-refractivity contribution in [2.45, 2.75) is 45.8 Å². The van der Waals surface area contributed by atoms with E-state index in [1.165, 1.54) is 0 Å². The number of benzene rings is 1. The number of ketones is 1. The number of Topliss-reactive ketones (excluding diaryl/α,β-unsaturated/α-hetero) is 1. The zero-order valence-corrected chi connectivity index (χ0v) is 13.1. The third-order valence-corrected chi connectivity index (χ3v) is 3.69. The van der Waals surface area contributed by atoms with Crippen LogP contribution in [0.1, 0.15) is 45.7 Å². The van der Waals surface area contributed by atoms with Gasteiger partial charge in [0.05, 0.1) is 6.04 Å². The predicted molar refractivity (Wildman–Crippen MR) is 80.9 cm³/mol. The lowest BCUT2D eigenvalue weighted by atomic mass is 9.97. The molecule has 0 bridgehead atoms. The van der Waals surface area contributed by atoms with Gasteiger partial charge in [-0.1, -0.05) is 30.3 Å². The van der Waals surface area contributed by atoms with Crippen LogP contribution < -0.4 is 0 Å². The molecule has 0 aliphatic carbocycles. The molecule has 4 heteroatoms. The SMILES string of the molecule is CC(=O)C1CC(c2ccccc2)N(C(=O)OC(C)(C)C)C1. The highest BCUT2D eigenvalue weighted by Gasteiger charge is 2.39. The smallest absolute Gasteiger partial charge is 0.410 e. The molecule has 1 heterocycles. The average molecular weight is 289 g/mol. The highest BCUT2D eigenvalue weighted by Crippen LogP contribution is 2.36. The third kappa shape index (κ3) is 3.84. The zero-order valence-electron chi connectivity index (χ0n) is 13.1. The second kappa shape index (κ2) is 5.88. The molecule has 1 fully saturated rings. The summed E-state index contributed by atoms with van der Waals surface area (Å²) in [5.41, 5.74) is 0.513. The van der Waals surface area contributed by atoms with Gasteiger partial charge >= 0.3 is 6.09 Å². The van der Waals surface area contributed by atoms with Crippen LogP contribution in [0.3, 0.4) is 0 Å². The van der Waals surface area contributed by atoms with Crippen LogP contribution in [0.25, 0.3) is 0 Å². The molecule has 1 saturated heterocycles. The van der Waals surface area contributed by atoms with Crippen LogP contribution in [-0.4, -0.2) is 28.9 Å². The number of hydrogen-bond acceptors (Lipinski definition) is 3. The molecule has 21 heavy (non-hydrogen) atoms. The molecule has 1 aliphatic rings. The first-order chi connectivity index (χ1) is 9.78. The molecule has 0 N–H and O–H groups in total. The van der Waals surface area contributed by atoms with Crippen LogP contribution in [0.5, 0.6) is 0 Å². The van der Waals surface area contributed by atoms with E-state index in [4.69, 9.17) is 4.74 Å². The van der Waals surface area contributed by atoms with Gasteiger partial charge in [0.25, 0.3) is 0 Å². The number of rotatable bonds is 2. The number of carbonyl (C=O) groups is 2. The Morgan fingerprint density at radius 3 is 2.33 bits per heavy atom. The molecule has 4 nitrogen and oxygen atoms in total. The van der Waals surface area contributed by atoms with Gasteiger partial charge in [-0.15, -0.1) is 0 Å². The number of likely N-dealkylation sites (tertiary alicyclic amines) is 1. The van der Waals surface area contributed by atoms with Gasteiger partial charge in [0.15, 0.2) is 0 Å². The molecular formula is C17H23NO3. The second-order valence-electron chi connectivity index (χ2n) is 6.60. The molecule has 114 valence electrons. The number of nitrogens with zero attached hydrogens (tertiary/aromatic N) is 1. The molecule has 1 aromatic carbocycles. The summed E-state index contributed by atoms with van der Waals surface area (Å²) in [5.74, 6) is 0.0183. The molecule has 1 aliphatic heterocycles. The normalized spacial score (nSPS) is 22.2. The Hall–Kier alpha value is -1.84. The van der Waals surface area contributed by atoms with Crippen molar-refractivity contribution in [1.29, 1.82) is 0 Å². The van der Waals surface area contributed by atoms with Crippen LogP contribution >= 0.6 is 0 Å². The molecule has 2 atom stereocenters. The minimum Gasteiger partial charge on any atom is -0.444 e. The first-order valence-corrected chi connectivity index (χ1v) is 7.33. The van der Waals surface area contributed by atoms with Crippen LogP contribution in [0, 0.1) is 5.92 Å². The first kappa shape index (κ1) is 15.5. The van der Waals surface area contributed by atoms with Gasteiger partial charge in [0, 0.05) is 12.5 Å². The number of amides is 1. The summed E-state index contributed by atoms with van der Waals surface area (Å²) in [4.78, 5) is 25.8. The molecular weight excluding hydrogens is 266 g/mol. The molecule has 2 unspecified atom stereocenters. The van der Waals surface area contributed by atoms with E-state index in [1.807, 2.05) is 51.1 Å². The lowest BCUT2D eigenvalue weighted by molar-refractivity contribution is -0.120. The molecule has 0 radical (unpaired) electrons. The maximum absolute atomic E-state index is 12.4. The Morgan fingerprint density at radius 2 is 1.81 bits per heavy atom. The number of ether oxygens (including phenoxy) is 1. The fourth-order valence-electron chi connectivity index (χ4n) is 2.64. The Kier molecular flexibility index (Phi) is 4.35. The summed E-state index contributed by atoms with van der Waals surface area (Å²) >= 11 is 0. The Bertz CT molecular complexity index is 519. The summed E-state index contributed by atoms with van der Waals surface area (Å²) in [6.07, 6.45) is 0.318. The maximum atomic E-state index is 12.4. The van der Waals surface area contributed by atoms with Crippen molar-refractivity contribution in [3.8, 4) is 0 Å². The highest BCUT2D eigenvalue weighted by atomic mass is 16.6. The fourth-order valence-corrected chi connectivity index (χ4v) is 2.64. The summed E-state index contributed by atoms with van der Waals surface area (Å²) in [6, 6.07) is 9.73. The molecule has 0 aromatic heterocycles. The molecule has 1 amide bonds. The summed E-state index contributed by atoms with van der Waals surface area (Å²) in [5, 5.41) is 0. The van der Waals surface area contributed by atoms with Crippen molar-refractivity contribution in [2.24, 2.45) is 5.92 Å². The van der Waals surface area contributed by atoms with Gasteiger partial charge in [0.2, 0.25) is 0 Å². The van der Waals surface area contributed by atoms with Gasteiger partial charge in [-0.2, -0.15) is 0 Å². The average Bonchev–Trinajstić information content (AvgIpc) is 2.83. The molecule has 0 saturated carbocycles. The van der Waals surface area contributed by atoms with Crippen molar-refractivity contribution >= 4 is 11.9 Å². The van der Waals surface area contributed by atoms with E-state index in [2.05, 4.69) is 0 Å². The van der Waals surface area contributed by atoms with Crippen molar-refractivity contribution in [2.75, 3.05) is 6.54 Å². The quantitative estimate of drug-likeness (QED) is 0.836. The molecule has 0 spiro atoms. The van der Waals surface area contributed by atoms with Gasteiger partial charge < -0.3 is 9.64 Å². The highest BCUT2D eigenvalue weighted by molar-refractivity contribution is 5.80. The Balaban J connectivity index is 2.23. The number of hydrogen-bond donors (Lipinski definition) is 0. The van der Waals surface area contributed by atoms with Crippen molar-refractivity contribution in [1.82, 2.24) is 4.90 Å². The standard InChI is InChI=1S/C17H23NO3/c1-12(19)14-10-15(13-8-6-5-7-9-13)18(11-14)16(20)21-17(2,3)4/h5-9,14-15H,10-11H2,1-4H3. The molecule has 1 aromatic rings. The van der Waals surface area contributed by atoms with E-state index in [1.54, 1.807) is 11.8 Å². The van der Waals surface area contributed by atoms with Crippen LogP contribution in [0.15, 0.2) is 30.3 Å². The largest absolute Gasteiger partial charge is 0.444 e. The lowest BCUT2D eigenvalue weighted by Crippen LogP contribution is -2.37. The fraction of sp³-hybridized carbons (Fsp3) is 0.529. The van der Waals surface area contributed by atoms with Crippen LogP contribution in [-0.2, 0) is 9.53 Å². The van der Waals surface area contributed by atoms with Gasteiger partial charge in [0.1, 0.15) is 11.4 Å². The van der Waals surface area contributed by atoms with Crippen molar-refractivity contribution in [3.63, 3.8) is 0 Å². The van der Waals surface area contributed by atoms with E-state index in [-0.39, 0.29) is 23.8 Å². The molecule has 2 rings (SSSR count). The monoisotopic (exact) mass is 289 g/mol. The van der Waals surface area contributed by atoms with Crippen molar-refractivity contribution < 1.29 is 14.3 Å². The predicted octanol–water partition coefficient (Wildman–Crippen LogP) is 3.57. The zero-order chi connectivity index (χ0) is 15.6. The lowest BCUT2D eigenvalue weighted by Gasteiger charge is -2.28. The van der Waals surface area contributed by atoms with Crippen molar-refractivity contribution in [3.05, 3.63) is 35.9 Å². The second-order valence-corrected chi connectivity index (χ2v) is 6.60. The maximum Gasteiger partial charge on any atom is 0.410 e. The number of carbonyl (C=O) groups excluding carboxylic acids is 2. The first-order valence-electron chi connectivity index (χ1n) is 7.33. The topological polar surface area (TPSA) is 46.6 Å². The van der Waals surface area contributed by atoms with E-state index < -0.39 is 5.60 Å². The van der Waals surface area contributed by atoms with E-state index >= 15 is 0 Å². The minimum atomic E-state index is -0.535. The van der Waals surface area contributed by atoms with Gasteiger partial charge in [-0.3, -0.25) is 4.79 Å².